The van der Waals surface area contributed by atoms with E-state index in [9.17, 15) is 9.59 Å². The molecule has 1 saturated heterocycles. The van der Waals surface area contributed by atoms with Crippen LogP contribution in [0, 0.1) is 6.92 Å². The Balaban J connectivity index is 0.00000220. The van der Waals surface area contributed by atoms with Gasteiger partial charge in [0.15, 0.2) is 0 Å². The Bertz CT molecular complexity index is 488. The predicted molar refractivity (Wildman–Crippen MR) is 84.8 cm³/mol. The van der Waals surface area contributed by atoms with Crippen LogP contribution in [0.2, 0.25) is 0 Å². The van der Waals surface area contributed by atoms with Crippen molar-refractivity contribution >= 4 is 24.2 Å². The number of carbonyl (C=O) groups is 2. The van der Waals surface area contributed by atoms with Gasteiger partial charge < -0.3 is 16.0 Å². The van der Waals surface area contributed by atoms with Gasteiger partial charge in [0, 0.05) is 18.7 Å². The van der Waals surface area contributed by atoms with E-state index in [1.807, 2.05) is 25.1 Å². The maximum atomic E-state index is 11.9. The maximum Gasteiger partial charge on any atom is 0.251 e. The molecule has 2 amide bonds. The van der Waals surface area contributed by atoms with Crippen LogP contribution in [-0.2, 0) is 4.79 Å². The highest BCUT2D eigenvalue weighted by atomic mass is 35.5. The lowest BCUT2D eigenvalue weighted by Gasteiger charge is -2.11. The van der Waals surface area contributed by atoms with Gasteiger partial charge in [-0.1, -0.05) is 17.7 Å². The monoisotopic (exact) mass is 311 g/mol. The van der Waals surface area contributed by atoms with E-state index in [0.717, 1.165) is 24.9 Å². The second-order valence-corrected chi connectivity index (χ2v) is 5.07. The summed E-state index contributed by atoms with van der Waals surface area (Å²) >= 11 is 0. The molecular formula is C15H22ClN3O2. The van der Waals surface area contributed by atoms with Crippen LogP contribution >= 0.6 is 12.4 Å². The highest BCUT2D eigenvalue weighted by Gasteiger charge is 2.21. The molecule has 1 aromatic carbocycles. The van der Waals surface area contributed by atoms with E-state index in [0.29, 0.717) is 18.7 Å². The molecule has 1 unspecified atom stereocenters. The zero-order valence-electron chi connectivity index (χ0n) is 12.1. The summed E-state index contributed by atoms with van der Waals surface area (Å²) in [6.07, 6.45) is 1.93. The second-order valence-electron chi connectivity index (χ2n) is 5.07. The quantitative estimate of drug-likeness (QED) is 0.711. The molecule has 21 heavy (non-hydrogen) atoms. The van der Waals surface area contributed by atoms with Crippen molar-refractivity contribution in [2.45, 2.75) is 25.8 Å². The molecule has 1 aliphatic heterocycles. The van der Waals surface area contributed by atoms with E-state index in [-0.39, 0.29) is 30.3 Å². The third-order valence-electron chi connectivity index (χ3n) is 3.37. The molecule has 5 nitrogen and oxygen atoms in total. The normalized spacial score (nSPS) is 16.9. The van der Waals surface area contributed by atoms with Crippen molar-refractivity contribution in [2.75, 3.05) is 19.6 Å². The van der Waals surface area contributed by atoms with Crippen molar-refractivity contribution in [1.29, 1.82) is 0 Å². The molecule has 1 fully saturated rings. The fourth-order valence-electron chi connectivity index (χ4n) is 2.28. The molecular weight excluding hydrogens is 290 g/mol. The summed E-state index contributed by atoms with van der Waals surface area (Å²) < 4.78 is 0. The lowest BCUT2D eigenvalue weighted by atomic mass is 10.1. The molecule has 2 rings (SSSR count). The lowest BCUT2D eigenvalue weighted by molar-refractivity contribution is -0.122. The molecule has 0 saturated carbocycles. The maximum absolute atomic E-state index is 11.9. The Morgan fingerprint density at radius 3 is 2.71 bits per heavy atom. The molecule has 1 aliphatic rings. The number of nitrogens with one attached hydrogen (secondary N) is 3. The fourth-order valence-corrected chi connectivity index (χ4v) is 2.28. The Morgan fingerprint density at radius 1 is 1.29 bits per heavy atom. The lowest BCUT2D eigenvalue weighted by Crippen LogP contribution is -2.43. The van der Waals surface area contributed by atoms with E-state index in [2.05, 4.69) is 16.0 Å². The Hall–Kier alpha value is -1.59. The van der Waals surface area contributed by atoms with Crippen molar-refractivity contribution in [1.82, 2.24) is 16.0 Å². The molecule has 1 heterocycles. The Kier molecular flexibility index (Phi) is 7.19. The van der Waals surface area contributed by atoms with Crippen LogP contribution in [-0.4, -0.2) is 37.5 Å². The third kappa shape index (κ3) is 5.36. The van der Waals surface area contributed by atoms with Gasteiger partial charge in [-0.25, -0.2) is 0 Å². The van der Waals surface area contributed by atoms with Crippen LogP contribution in [0.1, 0.15) is 28.8 Å². The highest BCUT2D eigenvalue weighted by Crippen LogP contribution is 2.04. The van der Waals surface area contributed by atoms with Crippen LogP contribution < -0.4 is 16.0 Å². The summed E-state index contributed by atoms with van der Waals surface area (Å²) in [5.74, 6) is -0.0887. The molecule has 1 atom stereocenters. The molecule has 0 spiro atoms. The number of hydrogen-bond donors (Lipinski definition) is 3. The molecule has 6 heteroatoms. The minimum atomic E-state index is -0.109. The first-order chi connectivity index (χ1) is 9.66. The summed E-state index contributed by atoms with van der Waals surface area (Å²) in [7, 11) is 0. The molecule has 0 aliphatic carbocycles. The van der Waals surface area contributed by atoms with Crippen LogP contribution in [0.15, 0.2) is 24.3 Å². The van der Waals surface area contributed by atoms with Gasteiger partial charge in [0.05, 0.1) is 6.04 Å². The number of halogens is 1. The van der Waals surface area contributed by atoms with Crippen molar-refractivity contribution in [3.05, 3.63) is 35.4 Å². The average Bonchev–Trinajstić information content (AvgIpc) is 2.97. The minimum absolute atomic E-state index is 0. The molecule has 1 aromatic rings. The van der Waals surface area contributed by atoms with Crippen molar-refractivity contribution < 1.29 is 9.59 Å². The van der Waals surface area contributed by atoms with Gasteiger partial charge in [-0.2, -0.15) is 0 Å². The summed E-state index contributed by atoms with van der Waals surface area (Å²) in [4.78, 5) is 23.6. The summed E-state index contributed by atoms with van der Waals surface area (Å²) in [5.41, 5.74) is 1.70. The molecule has 0 aromatic heterocycles. The predicted octanol–water partition coefficient (Wildman–Crippen LogP) is 1.01. The average molecular weight is 312 g/mol. The number of benzene rings is 1. The van der Waals surface area contributed by atoms with Crippen molar-refractivity contribution in [3.8, 4) is 0 Å². The van der Waals surface area contributed by atoms with Gasteiger partial charge in [-0.15, -0.1) is 12.4 Å². The van der Waals surface area contributed by atoms with Gasteiger partial charge >= 0.3 is 0 Å². The summed E-state index contributed by atoms with van der Waals surface area (Å²) in [6, 6.07) is 7.37. The smallest absolute Gasteiger partial charge is 0.251 e. The Labute approximate surface area is 131 Å². The van der Waals surface area contributed by atoms with Gasteiger partial charge in [0.1, 0.15) is 0 Å². The molecule has 0 bridgehead atoms. The zero-order chi connectivity index (χ0) is 14.4. The number of carbonyl (C=O) groups excluding carboxylic acids is 2. The molecule has 116 valence electrons. The molecule has 0 radical (unpaired) electrons. The first kappa shape index (κ1) is 17.5. The van der Waals surface area contributed by atoms with Gasteiger partial charge in [-0.05, 0) is 38.4 Å². The van der Waals surface area contributed by atoms with Gasteiger partial charge in [0.2, 0.25) is 5.91 Å². The van der Waals surface area contributed by atoms with E-state index < -0.39 is 0 Å². The van der Waals surface area contributed by atoms with Crippen LogP contribution in [0.3, 0.4) is 0 Å². The SMILES string of the molecule is Cc1cccc(C(=O)NCCNC(=O)C2CCCN2)c1.Cl. The number of hydrogen-bond acceptors (Lipinski definition) is 3. The topological polar surface area (TPSA) is 70.2 Å². The zero-order valence-corrected chi connectivity index (χ0v) is 13.0. The fraction of sp³-hybridized carbons (Fsp3) is 0.467. The first-order valence-electron chi connectivity index (χ1n) is 7.03. The largest absolute Gasteiger partial charge is 0.353 e. The third-order valence-corrected chi connectivity index (χ3v) is 3.37. The molecule has 3 N–H and O–H groups in total. The Morgan fingerprint density at radius 2 is 2.05 bits per heavy atom. The number of rotatable bonds is 5. The number of aryl methyl sites for hydroxylation is 1. The highest BCUT2D eigenvalue weighted by molar-refractivity contribution is 5.94. The number of amides is 2. The van der Waals surface area contributed by atoms with E-state index in [1.165, 1.54) is 0 Å². The summed E-state index contributed by atoms with van der Waals surface area (Å²) in [6.45, 7) is 3.74. The standard InChI is InChI=1S/C15H21N3O2.ClH/c1-11-4-2-5-12(10-11)14(19)17-8-9-18-15(20)13-6-3-7-16-13;/h2,4-5,10,13,16H,3,6-9H2,1H3,(H,17,19)(H,18,20);1H. The van der Waals surface area contributed by atoms with Crippen LogP contribution in [0.25, 0.3) is 0 Å². The van der Waals surface area contributed by atoms with Crippen LogP contribution in [0.5, 0.6) is 0 Å². The van der Waals surface area contributed by atoms with Crippen molar-refractivity contribution in [3.63, 3.8) is 0 Å². The van der Waals surface area contributed by atoms with Crippen molar-refractivity contribution in [2.24, 2.45) is 0 Å². The van der Waals surface area contributed by atoms with E-state index in [4.69, 9.17) is 0 Å². The first-order valence-corrected chi connectivity index (χ1v) is 7.03. The van der Waals surface area contributed by atoms with E-state index in [1.54, 1.807) is 6.07 Å². The van der Waals surface area contributed by atoms with Gasteiger partial charge in [0.25, 0.3) is 5.91 Å². The van der Waals surface area contributed by atoms with Gasteiger partial charge in [-0.3, -0.25) is 9.59 Å². The van der Waals surface area contributed by atoms with Crippen LogP contribution in [0.4, 0.5) is 0 Å². The summed E-state index contributed by atoms with van der Waals surface area (Å²) in [5, 5.41) is 8.76. The minimum Gasteiger partial charge on any atom is -0.353 e. The van der Waals surface area contributed by atoms with E-state index >= 15 is 0 Å². The second kappa shape index (κ2) is 8.64.